The molecule has 19 amide bonds. The monoisotopic (exact) mass is 1870 g/mol. The van der Waals surface area contributed by atoms with Gasteiger partial charge < -0.3 is 161 Å². The molecule has 4 heterocycles. The maximum atomic E-state index is 15.1. The second-order valence-corrected chi connectivity index (χ2v) is 32.2. The molecule has 0 unspecified atom stereocenters. The number of nitrogens with two attached hydrogens (primary N) is 9. The molecule has 0 radical (unpaired) electrons. The van der Waals surface area contributed by atoms with Gasteiger partial charge in [0.2, 0.25) is 112 Å². The molecule has 0 aliphatic carbocycles. The second kappa shape index (κ2) is 56.2. The van der Waals surface area contributed by atoms with Crippen molar-refractivity contribution in [2.24, 2.45) is 57.5 Å². The van der Waals surface area contributed by atoms with Crippen LogP contribution < -0.4 is 137 Å². The molecule has 1 aromatic rings. The van der Waals surface area contributed by atoms with Crippen molar-refractivity contribution in [3.05, 3.63) is 18.2 Å². The molecule has 3 aliphatic heterocycles. The molecule has 1 aromatic heterocycles. The summed E-state index contributed by atoms with van der Waals surface area (Å²) in [6.07, 6.45) is -0.389. The molecular formula is C77H130N34O21. The molecule has 0 bridgehead atoms. The van der Waals surface area contributed by atoms with Gasteiger partial charge in [0.05, 0.1) is 25.5 Å². The fourth-order valence-electron chi connectivity index (χ4n) is 14.4. The summed E-state index contributed by atoms with van der Waals surface area (Å²) in [7, 11) is 0. The van der Waals surface area contributed by atoms with Crippen LogP contribution in [-0.2, 0) is 102 Å². The van der Waals surface area contributed by atoms with E-state index in [1.54, 1.807) is 13.8 Å². The van der Waals surface area contributed by atoms with Gasteiger partial charge in [-0.25, -0.2) is 9.78 Å². The maximum absolute atomic E-state index is 15.1. The predicted octanol–water partition coefficient (Wildman–Crippen LogP) is -12.8. The molecule has 3 aliphatic rings. The first-order valence-electron chi connectivity index (χ1n) is 43.2. The normalized spacial score (nSPS) is 16.9. The number of hydrogen-bond donors (Lipinski definition) is 31. The van der Waals surface area contributed by atoms with Crippen LogP contribution in [0.3, 0.4) is 0 Å². The van der Waals surface area contributed by atoms with Gasteiger partial charge in [0, 0.05) is 89.8 Å². The lowest BCUT2D eigenvalue weighted by molar-refractivity contribution is -0.150. The number of rotatable bonds is 59. The SMILES string of the molecule is CC(C)[C@H](NC(=O)[C@H](CCC(N)=O)NC(=O)[C@H](Cc1cnc[nH]1)NC(=O)[C@H](C)NC(=O)[C@H](CCC(N)=O)NC(=O)CNC(=O)CNC(=O)[C@H](CCC(N)=O)NC(=O)[C@@H]1CCCN1C(=O)[C@@H]1CCCN1C(=O)[C@H](CCCNC(=N)N)NC(=O)[C@H](CCCNC(=N)N)NC(=O)[C@H](CCCNC(=N)N)NC(=O)[C@H](CCC(N)=O)NC(=O)[C@@H](N)CCCNC(=N)N)C(=O)N1CCC[C@H]1C(=O)O. The number of amides is 19. The molecule has 55 heteroatoms. The standard InChI is InChI=1S/C77H130N34O21/c1-38(2)59(72(130)111-32-10-17-52(111)73(131)132)108-67(125)47(21-25-56(82)115)104-68(126)49(33-40-34-91-37-98-40)107-60(118)39(3)99-63(121)45(19-23-54(80)113)100-58(117)36-96-57(116)35-97-62(120)44(18-22-53(79)112)105-69(127)50-15-8-30-109(50)71(129)51-16-9-31-110(51)70(128)48(14-7-29-95-77(89)90)106-65(123)43(13-6-28-94-76(87)88)102-64(122)42(12-5-27-93-75(85)86)103-66(124)46(20-24-55(81)114)101-61(119)41(78)11-4-26-92-74(83)84/h34,37-39,41-52,59H,4-33,35-36,78H2,1-3H3,(H2,79,112)(H2,80,113)(H2,81,114)(H2,82,115)(H,91,98)(H,96,116)(H,97,120)(H,99,121)(H,100,117)(H,101,119)(H,102,122)(H,103,124)(H,104,126)(H,105,127)(H,106,123)(H,107,118)(H,108,125)(H,131,132)(H4,83,84,92)(H4,85,86,93)(H4,87,88,94)(H4,89,90,95)/t39-,41-,42-,43-,44-,45-,46-,47-,48-,49-,50-,51-,52-,59-/m0/s1. The van der Waals surface area contributed by atoms with E-state index in [1.165, 1.54) is 29.2 Å². The molecule has 4 rings (SSSR count). The van der Waals surface area contributed by atoms with Crippen LogP contribution in [0.15, 0.2) is 12.5 Å². The first-order chi connectivity index (χ1) is 62.3. The molecule has 734 valence electrons. The Labute approximate surface area is 759 Å². The van der Waals surface area contributed by atoms with Gasteiger partial charge >= 0.3 is 5.97 Å². The van der Waals surface area contributed by atoms with E-state index in [1.807, 2.05) is 0 Å². The number of H-pyrrole nitrogens is 1. The lowest BCUT2D eigenvalue weighted by atomic mass is 10.0. The van der Waals surface area contributed by atoms with Crippen molar-refractivity contribution in [2.75, 3.05) is 58.9 Å². The number of carbonyl (C=O) groups excluding carboxylic acids is 19. The van der Waals surface area contributed by atoms with Crippen molar-refractivity contribution in [1.82, 2.24) is 110 Å². The Morgan fingerprint density at radius 2 is 0.773 bits per heavy atom. The topological polar surface area (TPSA) is 922 Å². The van der Waals surface area contributed by atoms with Crippen molar-refractivity contribution >= 4 is 142 Å². The van der Waals surface area contributed by atoms with E-state index in [9.17, 15) is 96.2 Å². The van der Waals surface area contributed by atoms with Gasteiger partial charge in [0.15, 0.2) is 23.8 Å². The highest BCUT2D eigenvalue weighted by Crippen LogP contribution is 2.27. The number of aliphatic carboxylic acids is 1. The molecule has 0 saturated carbocycles. The number of aromatic amines is 1. The van der Waals surface area contributed by atoms with Gasteiger partial charge in [-0.1, -0.05) is 13.8 Å². The highest BCUT2D eigenvalue weighted by atomic mass is 16.4. The third-order valence-corrected chi connectivity index (χ3v) is 21.4. The van der Waals surface area contributed by atoms with Crippen LogP contribution in [-0.4, -0.2) is 315 Å². The summed E-state index contributed by atoms with van der Waals surface area (Å²) in [4.78, 5) is 282. The number of primary amides is 4. The highest BCUT2D eigenvalue weighted by Gasteiger charge is 2.46. The molecule has 0 aromatic carbocycles. The molecule has 0 spiro atoms. The van der Waals surface area contributed by atoms with Gasteiger partial charge in [-0.2, -0.15) is 0 Å². The summed E-state index contributed by atoms with van der Waals surface area (Å²) >= 11 is 0. The molecule has 3 fully saturated rings. The van der Waals surface area contributed by atoms with Gasteiger partial charge in [-0.15, -0.1) is 0 Å². The van der Waals surface area contributed by atoms with Gasteiger partial charge in [0.1, 0.15) is 78.5 Å². The Hall–Kier alpha value is -14.3. The van der Waals surface area contributed by atoms with Crippen LogP contribution in [0.1, 0.15) is 168 Å². The van der Waals surface area contributed by atoms with Gasteiger partial charge in [-0.3, -0.25) is 113 Å². The fourth-order valence-corrected chi connectivity index (χ4v) is 14.4. The van der Waals surface area contributed by atoms with E-state index >= 15 is 4.79 Å². The Morgan fingerprint density at radius 3 is 1.22 bits per heavy atom. The number of imidazole rings is 1. The third-order valence-electron chi connectivity index (χ3n) is 21.4. The average Bonchev–Trinajstić information content (AvgIpc) is 1.65. The number of guanidine groups is 4. The Morgan fingerprint density at radius 1 is 0.402 bits per heavy atom. The van der Waals surface area contributed by atoms with E-state index < -0.39 is 285 Å². The largest absolute Gasteiger partial charge is 0.480 e. The van der Waals surface area contributed by atoms with Crippen LogP contribution >= 0.6 is 0 Å². The number of hydrogen-bond acceptors (Lipinski definition) is 26. The van der Waals surface area contributed by atoms with E-state index in [4.69, 9.17) is 73.2 Å². The quantitative estimate of drug-likeness (QED) is 0.0164. The zero-order valence-corrected chi connectivity index (χ0v) is 74.0. The number of nitrogens with one attached hydrogen (secondary N) is 21. The lowest BCUT2D eigenvalue weighted by Crippen LogP contribution is -2.60. The number of carboxylic acid groups (broad SMARTS) is 1. The summed E-state index contributed by atoms with van der Waals surface area (Å²) in [5, 5.41) is 80.1. The first-order valence-corrected chi connectivity index (χ1v) is 43.2. The molecule has 55 nitrogen and oxygen atoms in total. The van der Waals surface area contributed by atoms with Crippen molar-refractivity contribution in [3.8, 4) is 0 Å². The van der Waals surface area contributed by atoms with Crippen molar-refractivity contribution in [1.29, 1.82) is 21.6 Å². The van der Waals surface area contributed by atoms with E-state index in [0.29, 0.717) is 6.42 Å². The molecule has 40 N–H and O–H groups in total. The third kappa shape index (κ3) is 39.3. The van der Waals surface area contributed by atoms with Crippen molar-refractivity contribution < 1.29 is 101 Å². The number of carboxylic acids is 1. The first kappa shape index (κ1) is 110. The summed E-state index contributed by atoms with van der Waals surface area (Å²) in [5.74, 6) is -21.2. The Bertz CT molecular complexity index is 4270. The number of aromatic nitrogens is 2. The maximum Gasteiger partial charge on any atom is 0.326 e. The number of nitrogens with zero attached hydrogens (tertiary/aromatic N) is 4. The molecular weight excluding hydrogens is 1740 g/mol. The van der Waals surface area contributed by atoms with Gasteiger partial charge in [0.25, 0.3) is 0 Å². The molecule has 3 saturated heterocycles. The van der Waals surface area contributed by atoms with E-state index in [0.717, 1.165) is 4.90 Å². The average molecular weight is 1870 g/mol. The minimum atomic E-state index is -1.64. The minimum absolute atomic E-state index is 0.00220. The molecule has 14 atom stereocenters. The minimum Gasteiger partial charge on any atom is -0.480 e. The fraction of sp³-hybridized carbons (Fsp3) is 0.649. The van der Waals surface area contributed by atoms with Crippen molar-refractivity contribution in [3.63, 3.8) is 0 Å². The van der Waals surface area contributed by atoms with Crippen LogP contribution in [0.2, 0.25) is 0 Å². The highest BCUT2D eigenvalue weighted by molar-refractivity contribution is 6.01. The van der Waals surface area contributed by atoms with Crippen LogP contribution in [0.4, 0.5) is 0 Å². The summed E-state index contributed by atoms with van der Waals surface area (Å²) in [5.41, 5.74) is 50.0. The zero-order valence-electron chi connectivity index (χ0n) is 74.0. The Balaban J connectivity index is 1.49. The summed E-state index contributed by atoms with van der Waals surface area (Å²) in [6, 6.07) is -20.3. The number of likely N-dealkylation sites (tertiary alicyclic amines) is 3. The summed E-state index contributed by atoms with van der Waals surface area (Å²) in [6.45, 7) is 2.74. The van der Waals surface area contributed by atoms with Crippen LogP contribution in [0.5, 0.6) is 0 Å². The second-order valence-electron chi connectivity index (χ2n) is 32.2. The van der Waals surface area contributed by atoms with Crippen LogP contribution in [0, 0.1) is 27.6 Å². The zero-order chi connectivity index (χ0) is 98.6. The molecule has 132 heavy (non-hydrogen) atoms. The smallest absolute Gasteiger partial charge is 0.326 e. The lowest BCUT2D eigenvalue weighted by Gasteiger charge is -2.33. The van der Waals surface area contributed by atoms with Gasteiger partial charge in [-0.05, 0) is 128 Å². The number of carbonyl (C=O) groups is 20. The summed E-state index contributed by atoms with van der Waals surface area (Å²) < 4.78 is 0. The van der Waals surface area contributed by atoms with Crippen LogP contribution in [0.25, 0.3) is 0 Å². The van der Waals surface area contributed by atoms with E-state index in [-0.39, 0.29) is 154 Å². The Kier molecular flexibility index (Phi) is 46.8. The van der Waals surface area contributed by atoms with E-state index in [2.05, 4.69) is 95.0 Å². The predicted molar refractivity (Wildman–Crippen MR) is 468 cm³/mol. The van der Waals surface area contributed by atoms with Crippen molar-refractivity contribution in [2.45, 2.75) is 253 Å².